The average molecular weight is 364 g/mol. The SMILES string of the molecule is CCn1cnnc1-c1cccc(NC(=O)CCc2ccc3c(c2)OCO3)c1. The van der Waals surface area contributed by atoms with Gasteiger partial charge in [0.05, 0.1) is 0 Å². The number of nitrogens with zero attached hydrogens (tertiary/aromatic N) is 3. The number of hydrogen-bond acceptors (Lipinski definition) is 5. The van der Waals surface area contributed by atoms with Crippen LogP contribution in [0.5, 0.6) is 11.5 Å². The second kappa shape index (κ2) is 7.49. The number of aryl methyl sites for hydroxylation is 2. The molecule has 1 aromatic heterocycles. The molecule has 7 heteroatoms. The molecule has 0 radical (unpaired) electrons. The number of rotatable bonds is 6. The molecule has 1 amide bonds. The van der Waals surface area contributed by atoms with Gasteiger partial charge in [-0.15, -0.1) is 10.2 Å². The second-order valence-electron chi connectivity index (χ2n) is 6.26. The molecule has 1 N–H and O–H groups in total. The molecule has 27 heavy (non-hydrogen) atoms. The lowest BCUT2D eigenvalue weighted by atomic mass is 10.1. The lowest BCUT2D eigenvalue weighted by molar-refractivity contribution is -0.116. The van der Waals surface area contributed by atoms with Crippen LogP contribution in [0.4, 0.5) is 5.69 Å². The van der Waals surface area contributed by atoms with Crippen LogP contribution in [0.25, 0.3) is 11.4 Å². The molecule has 2 aromatic carbocycles. The zero-order valence-electron chi connectivity index (χ0n) is 15.0. The molecule has 1 aliphatic heterocycles. The lowest BCUT2D eigenvalue weighted by Gasteiger charge is -2.08. The van der Waals surface area contributed by atoms with Crippen LogP contribution in [0.15, 0.2) is 48.8 Å². The lowest BCUT2D eigenvalue weighted by Crippen LogP contribution is -2.12. The number of carbonyl (C=O) groups excluding carboxylic acids is 1. The van der Waals surface area contributed by atoms with Gasteiger partial charge < -0.3 is 19.4 Å². The van der Waals surface area contributed by atoms with Gasteiger partial charge in [-0.05, 0) is 43.2 Å². The summed E-state index contributed by atoms with van der Waals surface area (Å²) in [4.78, 5) is 12.3. The smallest absolute Gasteiger partial charge is 0.231 e. The molecule has 0 spiro atoms. The fraction of sp³-hybridized carbons (Fsp3) is 0.250. The summed E-state index contributed by atoms with van der Waals surface area (Å²) in [5, 5.41) is 11.1. The molecule has 1 aliphatic rings. The summed E-state index contributed by atoms with van der Waals surface area (Å²) in [5.41, 5.74) is 2.70. The van der Waals surface area contributed by atoms with Crippen LogP contribution in [-0.4, -0.2) is 27.5 Å². The van der Waals surface area contributed by atoms with E-state index < -0.39 is 0 Å². The number of nitrogens with one attached hydrogen (secondary N) is 1. The molecule has 3 aromatic rings. The summed E-state index contributed by atoms with van der Waals surface area (Å²) in [5.74, 6) is 2.23. The van der Waals surface area contributed by atoms with Gasteiger partial charge in [-0.3, -0.25) is 4.79 Å². The van der Waals surface area contributed by atoms with E-state index in [0.29, 0.717) is 12.8 Å². The summed E-state index contributed by atoms with van der Waals surface area (Å²) in [6.45, 7) is 3.07. The Labute approximate surface area is 156 Å². The van der Waals surface area contributed by atoms with Crippen molar-refractivity contribution in [1.29, 1.82) is 0 Å². The highest BCUT2D eigenvalue weighted by Gasteiger charge is 2.14. The van der Waals surface area contributed by atoms with E-state index in [9.17, 15) is 4.79 Å². The summed E-state index contributed by atoms with van der Waals surface area (Å²) in [7, 11) is 0. The van der Waals surface area contributed by atoms with Gasteiger partial charge in [0.15, 0.2) is 17.3 Å². The van der Waals surface area contributed by atoms with Gasteiger partial charge in [0.2, 0.25) is 12.7 Å². The van der Waals surface area contributed by atoms with E-state index in [2.05, 4.69) is 15.5 Å². The number of aromatic nitrogens is 3. The van der Waals surface area contributed by atoms with Crippen molar-refractivity contribution in [2.45, 2.75) is 26.3 Å². The Kier molecular flexibility index (Phi) is 4.74. The highest BCUT2D eigenvalue weighted by atomic mass is 16.7. The number of benzene rings is 2. The molecule has 0 bridgehead atoms. The quantitative estimate of drug-likeness (QED) is 0.726. The highest BCUT2D eigenvalue weighted by molar-refractivity contribution is 5.91. The maximum Gasteiger partial charge on any atom is 0.231 e. The number of hydrogen-bond donors (Lipinski definition) is 1. The van der Waals surface area contributed by atoms with Crippen molar-refractivity contribution < 1.29 is 14.3 Å². The summed E-state index contributed by atoms with van der Waals surface area (Å²) in [6, 6.07) is 13.4. The Bertz CT molecular complexity index is 967. The zero-order chi connectivity index (χ0) is 18.6. The topological polar surface area (TPSA) is 78.3 Å². The molecular formula is C20H20N4O3. The van der Waals surface area contributed by atoms with Gasteiger partial charge in [-0.1, -0.05) is 18.2 Å². The molecule has 4 rings (SSSR count). The van der Waals surface area contributed by atoms with E-state index in [1.807, 2.05) is 54.0 Å². The summed E-state index contributed by atoms with van der Waals surface area (Å²) < 4.78 is 12.6. The number of amides is 1. The predicted octanol–water partition coefficient (Wildman–Crippen LogP) is 3.27. The van der Waals surface area contributed by atoms with Gasteiger partial charge in [0, 0.05) is 24.2 Å². The van der Waals surface area contributed by atoms with Crippen LogP contribution in [0, 0.1) is 0 Å². The van der Waals surface area contributed by atoms with E-state index >= 15 is 0 Å². The van der Waals surface area contributed by atoms with Crippen molar-refractivity contribution in [1.82, 2.24) is 14.8 Å². The maximum atomic E-state index is 12.3. The Morgan fingerprint density at radius 3 is 2.96 bits per heavy atom. The molecule has 0 saturated carbocycles. The molecular weight excluding hydrogens is 344 g/mol. The first-order valence-corrected chi connectivity index (χ1v) is 8.89. The summed E-state index contributed by atoms with van der Waals surface area (Å²) >= 11 is 0. The first-order chi connectivity index (χ1) is 13.2. The van der Waals surface area contributed by atoms with E-state index in [4.69, 9.17) is 9.47 Å². The molecule has 0 aliphatic carbocycles. The van der Waals surface area contributed by atoms with Gasteiger partial charge in [-0.2, -0.15) is 0 Å². The Hall–Kier alpha value is -3.35. The van der Waals surface area contributed by atoms with Crippen molar-refractivity contribution in [2.24, 2.45) is 0 Å². The molecule has 7 nitrogen and oxygen atoms in total. The van der Waals surface area contributed by atoms with Crippen LogP contribution >= 0.6 is 0 Å². The summed E-state index contributed by atoms with van der Waals surface area (Å²) in [6.07, 6.45) is 2.72. The van der Waals surface area contributed by atoms with Crippen LogP contribution in [0.3, 0.4) is 0 Å². The van der Waals surface area contributed by atoms with E-state index in [1.165, 1.54) is 0 Å². The van der Waals surface area contributed by atoms with Gasteiger partial charge in [0.1, 0.15) is 6.33 Å². The number of carbonyl (C=O) groups is 1. The Balaban J connectivity index is 1.39. The van der Waals surface area contributed by atoms with Crippen molar-refractivity contribution in [3.63, 3.8) is 0 Å². The van der Waals surface area contributed by atoms with Crippen molar-refractivity contribution in [2.75, 3.05) is 12.1 Å². The third kappa shape index (κ3) is 3.76. The largest absolute Gasteiger partial charge is 0.454 e. The van der Waals surface area contributed by atoms with Crippen molar-refractivity contribution in [3.05, 3.63) is 54.4 Å². The fourth-order valence-electron chi connectivity index (χ4n) is 3.02. The molecule has 0 unspecified atom stereocenters. The van der Waals surface area contributed by atoms with E-state index in [0.717, 1.165) is 40.7 Å². The van der Waals surface area contributed by atoms with E-state index in [1.54, 1.807) is 6.33 Å². The minimum Gasteiger partial charge on any atom is -0.454 e. The van der Waals surface area contributed by atoms with Crippen LogP contribution in [0.1, 0.15) is 18.9 Å². The van der Waals surface area contributed by atoms with Crippen LogP contribution in [0.2, 0.25) is 0 Å². The average Bonchev–Trinajstić information content (AvgIpc) is 3.35. The van der Waals surface area contributed by atoms with Gasteiger partial charge in [0.25, 0.3) is 0 Å². The number of fused-ring (bicyclic) bond motifs is 1. The minimum atomic E-state index is -0.0400. The number of anilines is 1. The highest BCUT2D eigenvalue weighted by Crippen LogP contribution is 2.32. The standard InChI is InChI=1S/C20H20N4O3/c1-2-24-12-21-23-20(24)15-4-3-5-16(11-15)22-19(25)9-7-14-6-8-17-18(10-14)27-13-26-17/h3-6,8,10-12H,2,7,9,13H2,1H3,(H,22,25). The predicted molar refractivity (Wildman–Crippen MR) is 101 cm³/mol. The normalized spacial score (nSPS) is 12.2. The maximum absolute atomic E-state index is 12.3. The third-order valence-electron chi connectivity index (χ3n) is 4.44. The molecule has 2 heterocycles. The second-order valence-corrected chi connectivity index (χ2v) is 6.26. The van der Waals surface area contributed by atoms with Gasteiger partial charge in [-0.25, -0.2) is 0 Å². The Morgan fingerprint density at radius 1 is 1.19 bits per heavy atom. The minimum absolute atomic E-state index is 0.0400. The van der Waals surface area contributed by atoms with Gasteiger partial charge >= 0.3 is 0 Å². The van der Waals surface area contributed by atoms with E-state index in [-0.39, 0.29) is 12.7 Å². The third-order valence-corrected chi connectivity index (χ3v) is 4.44. The number of ether oxygens (including phenoxy) is 2. The van der Waals surface area contributed by atoms with Crippen LogP contribution < -0.4 is 14.8 Å². The fourth-order valence-corrected chi connectivity index (χ4v) is 3.02. The Morgan fingerprint density at radius 2 is 2.07 bits per heavy atom. The molecule has 138 valence electrons. The van der Waals surface area contributed by atoms with Crippen LogP contribution in [-0.2, 0) is 17.8 Å². The van der Waals surface area contributed by atoms with Crippen molar-refractivity contribution >= 4 is 11.6 Å². The first-order valence-electron chi connectivity index (χ1n) is 8.89. The molecule has 0 saturated heterocycles. The molecule has 0 atom stereocenters. The van der Waals surface area contributed by atoms with Crippen molar-refractivity contribution in [3.8, 4) is 22.9 Å². The first kappa shape index (κ1) is 17.1. The molecule has 0 fully saturated rings. The monoisotopic (exact) mass is 364 g/mol. The zero-order valence-corrected chi connectivity index (χ0v) is 15.0.